The molecule has 2 nitrogen and oxygen atoms in total. The molecule has 0 aromatic rings. The van der Waals surface area contributed by atoms with Crippen molar-refractivity contribution in [3.05, 3.63) is 0 Å². The van der Waals surface area contributed by atoms with Crippen molar-refractivity contribution in [3.8, 4) is 0 Å². The maximum absolute atomic E-state index is 5.46. The standard InChI is InChI=1S/C10H24N2S/c1-9(5-3-7-11)13-10(2)6-4-8-12/h9-10H,3-8,11-12H2,1-2H3. The van der Waals surface area contributed by atoms with Crippen molar-refractivity contribution in [2.24, 2.45) is 11.5 Å². The predicted molar refractivity (Wildman–Crippen MR) is 63.1 cm³/mol. The van der Waals surface area contributed by atoms with Gasteiger partial charge in [-0.25, -0.2) is 0 Å². The van der Waals surface area contributed by atoms with Gasteiger partial charge in [-0.1, -0.05) is 13.8 Å². The lowest BCUT2D eigenvalue weighted by molar-refractivity contribution is 0.715. The topological polar surface area (TPSA) is 52.0 Å². The summed E-state index contributed by atoms with van der Waals surface area (Å²) in [6.07, 6.45) is 4.79. The first-order valence-corrected chi connectivity index (χ1v) is 6.20. The molecular weight excluding hydrogens is 180 g/mol. The third-order valence-electron chi connectivity index (χ3n) is 2.09. The highest BCUT2D eigenvalue weighted by Crippen LogP contribution is 2.23. The summed E-state index contributed by atoms with van der Waals surface area (Å²) in [6.45, 7) is 6.22. The van der Waals surface area contributed by atoms with Crippen LogP contribution in [0.15, 0.2) is 0 Å². The van der Waals surface area contributed by atoms with E-state index >= 15 is 0 Å². The Morgan fingerprint density at radius 3 is 1.62 bits per heavy atom. The van der Waals surface area contributed by atoms with Gasteiger partial charge in [0.05, 0.1) is 0 Å². The Bertz CT molecular complexity index is 97.1. The largest absolute Gasteiger partial charge is 0.330 e. The second-order valence-corrected chi connectivity index (χ2v) is 5.50. The Balaban J connectivity index is 3.35. The van der Waals surface area contributed by atoms with Gasteiger partial charge in [0.2, 0.25) is 0 Å². The fourth-order valence-electron chi connectivity index (χ4n) is 1.34. The number of hydrogen-bond donors (Lipinski definition) is 2. The highest BCUT2D eigenvalue weighted by Gasteiger charge is 2.07. The molecule has 80 valence electrons. The molecule has 0 aliphatic rings. The molecule has 0 fully saturated rings. The van der Waals surface area contributed by atoms with Crippen LogP contribution in [0.4, 0.5) is 0 Å². The molecule has 3 heteroatoms. The summed E-state index contributed by atoms with van der Waals surface area (Å²) in [5.74, 6) is 0. The van der Waals surface area contributed by atoms with Crippen LogP contribution in [0.2, 0.25) is 0 Å². The van der Waals surface area contributed by atoms with Crippen molar-refractivity contribution >= 4 is 11.8 Å². The van der Waals surface area contributed by atoms with E-state index in [1.54, 1.807) is 0 Å². The maximum atomic E-state index is 5.46. The van der Waals surface area contributed by atoms with Crippen LogP contribution in [-0.2, 0) is 0 Å². The van der Waals surface area contributed by atoms with E-state index < -0.39 is 0 Å². The molecule has 13 heavy (non-hydrogen) atoms. The van der Waals surface area contributed by atoms with Crippen molar-refractivity contribution < 1.29 is 0 Å². The third-order valence-corrected chi connectivity index (χ3v) is 3.49. The summed E-state index contributed by atoms with van der Waals surface area (Å²) in [5.41, 5.74) is 10.9. The Labute approximate surface area is 86.8 Å². The molecular formula is C10H24N2S. The van der Waals surface area contributed by atoms with Crippen LogP contribution in [0.25, 0.3) is 0 Å². The van der Waals surface area contributed by atoms with Gasteiger partial charge in [-0.05, 0) is 38.8 Å². The molecule has 0 aromatic heterocycles. The molecule has 0 aliphatic heterocycles. The van der Waals surface area contributed by atoms with Crippen molar-refractivity contribution in [2.75, 3.05) is 13.1 Å². The molecule has 2 atom stereocenters. The zero-order valence-electron chi connectivity index (χ0n) is 8.96. The molecule has 0 heterocycles. The van der Waals surface area contributed by atoms with Crippen LogP contribution in [0.1, 0.15) is 39.5 Å². The first kappa shape index (κ1) is 13.3. The van der Waals surface area contributed by atoms with E-state index in [0.717, 1.165) is 36.4 Å². The minimum Gasteiger partial charge on any atom is -0.330 e. The molecule has 0 amide bonds. The molecule has 0 rings (SSSR count). The summed E-state index contributed by atoms with van der Waals surface area (Å²) in [5, 5.41) is 1.49. The molecule has 0 saturated carbocycles. The minimum absolute atomic E-state index is 0.747. The van der Waals surface area contributed by atoms with Crippen LogP contribution in [0.3, 0.4) is 0 Å². The summed E-state index contributed by atoms with van der Waals surface area (Å²) >= 11 is 2.07. The fourth-order valence-corrected chi connectivity index (χ4v) is 2.74. The van der Waals surface area contributed by atoms with E-state index in [2.05, 4.69) is 25.6 Å². The Hall–Kier alpha value is 0.270. The molecule has 2 unspecified atom stereocenters. The van der Waals surface area contributed by atoms with E-state index in [9.17, 15) is 0 Å². The van der Waals surface area contributed by atoms with Crippen LogP contribution in [-0.4, -0.2) is 23.6 Å². The second kappa shape index (κ2) is 8.85. The average molecular weight is 204 g/mol. The first-order chi connectivity index (χ1) is 6.20. The monoisotopic (exact) mass is 204 g/mol. The molecule has 0 radical (unpaired) electrons. The number of rotatable bonds is 8. The Morgan fingerprint density at radius 2 is 1.31 bits per heavy atom. The fraction of sp³-hybridized carbons (Fsp3) is 1.00. The number of thioether (sulfide) groups is 1. The number of hydrogen-bond acceptors (Lipinski definition) is 3. The lowest BCUT2D eigenvalue weighted by Gasteiger charge is -2.16. The van der Waals surface area contributed by atoms with E-state index in [0.29, 0.717) is 0 Å². The molecule has 0 aliphatic carbocycles. The van der Waals surface area contributed by atoms with Crippen molar-refractivity contribution in [3.63, 3.8) is 0 Å². The van der Waals surface area contributed by atoms with Gasteiger partial charge in [-0.15, -0.1) is 0 Å². The second-order valence-electron chi connectivity index (χ2n) is 3.62. The Kier molecular flexibility index (Phi) is 9.03. The van der Waals surface area contributed by atoms with Crippen LogP contribution in [0.5, 0.6) is 0 Å². The summed E-state index contributed by atoms with van der Waals surface area (Å²) in [6, 6.07) is 0. The highest BCUT2D eigenvalue weighted by molar-refractivity contribution is 8.00. The molecule has 0 bridgehead atoms. The van der Waals surface area contributed by atoms with Gasteiger partial charge in [0.25, 0.3) is 0 Å². The normalized spacial score (nSPS) is 15.7. The van der Waals surface area contributed by atoms with Crippen molar-refractivity contribution in [1.29, 1.82) is 0 Å². The number of nitrogens with two attached hydrogens (primary N) is 2. The maximum Gasteiger partial charge on any atom is 0.00218 e. The summed E-state index contributed by atoms with van der Waals surface area (Å²) < 4.78 is 0. The van der Waals surface area contributed by atoms with E-state index in [1.807, 2.05) is 0 Å². The van der Waals surface area contributed by atoms with E-state index in [1.165, 1.54) is 12.8 Å². The van der Waals surface area contributed by atoms with Gasteiger partial charge >= 0.3 is 0 Å². The Morgan fingerprint density at radius 1 is 0.923 bits per heavy atom. The lowest BCUT2D eigenvalue weighted by atomic mass is 10.2. The van der Waals surface area contributed by atoms with Crippen LogP contribution >= 0.6 is 11.8 Å². The smallest absolute Gasteiger partial charge is 0.00218 e. The minimum atomic E-state index is 0.747. The lowest BCUT2D eigenvalue weighted by Crippen LogP contribution is -2.09. The molecule has 0 spiro atoms. The third kappa shape index (κ3) is 8.60. The van der Waals surface area contributed by atoms with Crippen LogP contribution in [0, 0.1) is 0 Å². The summed E-state index contributed by atoms with van der Waals surface area (Å²) in [7, 11) is 0. The molecule has 0 aromatic carbocycles. The van der Waals surface area contributed by atoms with Crippen molar-refractivity contribution in [1.82, 2.24) is 0 Å². The SMILES string of the molecule is CC(CCCN)SC(C)CCCN. The van der Waals surface area contributed by atoms with E-state index in [-0.39, 0.29) is 0 Å². The predicted octanol–water partition coefficient (Wildman–Crippen LogP) is 1.97. The van der Waals surface area contributed by atoms with Gasteiger partial charge < -0.3 is 11.5 Å². The van der Waals surface area contributed by atoms with Crippen molar-refractivity contribution in [2.45, 2.75) is 50.0 Å². The van der Waals surface area contributed by atoms with Crippen LogP contribution < -0.4 is 11.5 Å². The highest BCUT2D eigenvalue weighted by atomic mass is 32.2. The quantitative estimate of drug-likeness (QED) is 0.635. The zero-order chi connectivity index (χ0) is 10.1. The average Bonchev–Trinajstić information content (AvgIpc) is 2.11. The van der Waals surface area contributed by atoms with Gasteiger partial charge in [0.15, 0.2) is 0 Å². The summed E-state index contributed by atoms with van der Waals surface area (Å²) in [4.78, 5) is 0. The molecule has 0 saturated heterocycles. The van der Waals surface area contributed by atoms with Gasteiger partial charge in [-0.3, -0.25) is 0 Å². The van der Waals surface area contributed by atoms with Gasteiger partial charge in [0, 0.05) is 10.5 Å². The zero-order valence-corrected chi connectivity index (χ0v) is 9.78. The van der Waals surface area contributed by atoms with Gasteiger partial charge in [0.1, 0.15) is 0 Å². The molecule has 4 N–H and O–H groups in total. The van der Waals surface area contributed by atoms with Gasteiger partial charge in [-0.2, -0.15) is 11.8 Å². The van der Waals surface area contributed by atoms with E-state index in [4.69, 9.17) is 11.5 Å². The first-order valence-electron chi connectivity index (χ1n) is 5.26.